The summed E-state index contributed by atoms with van der Waals surface area (Å²) in [7, 11) is 0. The third kappa shape index (κ3) is 7.88. The molecular formula is C17H32O3. The van der Waals surface area contributed by atoms with Crippen LogP contribution in [0.4, 0.5) is 0 Å². The minimum atomic E-state index is -0.254. The van der Waals surface area contributed by atoms with Gasteiger partial charge in [-0.25, -0.2) is 4.79 Å². The quantitative estimate of drug-likeness (QED) is 0.281. The summed E-state index contributed by atoms with van der Waals surface area (Å²) in [5.41, 5.74) is 0. The Morgan fingerprint density at radius 1 is 0.900 bits per heavy atom. The number of epoxide rings is 1. The first-order chi connectivity index (χ1) is 9.79. The van der Waals surface area contributed by atoms with E-state index in [1.54, 1.807) is 0 Å². The fourth-order valence-electron chi connectivity index (χ4n) is 2.51. The van der Waals surface area contributed by atoms with Crippen LogP contribution in [0.5, 0.6) is 0 Å². The highest BCUT2D eigenvalue weighted by molar-refractivity contribution is 5.77. The van der Waals surface area contributed by atoms with Gasteiger partial charge in [0.15, 0.2) is 6.10 Å². The Labute approximate surface area is 124 Å². The molecule has 0 saturated carbocycles. The van der Waals surface area contributed by atoms with Crippen LogP contribution in [0.15, 0.2) is 0 Å². The van der Waals surface area contributed by atoms with Crippen LogP contribution in [-0.2, 0) is 14.3 Å². The molecule has 0 spiro atoms. The minimum Gasteiger partial charge on any atom is -0.464 e. The number of hydrogen-bond donors (Lipinski definition) is 0. The molecule has 2 unspecified atom stereocenters. The van der Waals surface area contributed by atoms with Crippen LogP contribution in [0.3, 0.4) is 0 Å². The van der Waals surface area contributed by atoms with Crippen LogP contribution in [0.1, 0.15) is 84.5 Å². The fourth-order valence-corrected chi connectivity index (χ4v) is 2.51. The molecule has 1 aliphatic rings. The van der Waals surface area contributed by atoms with Crippen LogP contribution in [0, 0.1) is 0 Å². The predicted octanol–water partition coefficient (Wildman–Crippen LogP) is 4.63. The molecule has 1 aliphatic heterocycles. The second kappa shape index (κ2) is 11.1. The van der Waals surface area contributed by atoms with Crippen molar-refractivity contribution in [3.63, 3.8) is 0 Å². The van der Waals surface area contributed by atoms with E-state index in [2.05, 4.69) is 6.92 Å². The van der Waals surface area contributed by atoms with E-state index < -0.39 is 0 Å². The van der Waals surface area contributed by atoms with Crippen molar-refractivity contribution in [2.45, 2.75) is 96.7 Å². The average molecular weight is 284 g/mol. The number of unbranched alkanes of at least 4 members (excludes halogenated alkanes) is 8. The molecule has 0 radical (unpaired) electrons. The zero-order chi connectivity index (χ0) is 14.6. The minimum absolute atomic E-state index is 0.143. The summed E-state index contributed by atoms with van der Waals surface area (Å²) in [6.45, 7) is 4.77. The van der Waals surface area contributed by atoms with Crippen LogP contribution in [-0.4, -0.2) is 24.8 Å². The molecule has 1 saturated heterocycles. The summed E-state index contributed by atoms with van der Waals surface area (Å²) < 4.78 is 10.4. The van der Waals surface area contributed by atoms with Gasteiger partial charge in [0.05, 0.1) is 12.7 Å². The summed E-state index contributed by atoms with van der Waals surface area (Å²) in [5.74, 6) is -0.159. The molecule has 0 aliphatic carbocycles. The Morgan fingerprint density at radius 3 is 2.10 bits per heavy atom. The number of ether oxygens (including phenoxy) is 2. The highest BCUT2D eigenvalue weighted by atomic mass is 16.6. The molecule has 1 fully saturated rings. The molecule has 0 N–H and O–H groups in total. The summed E-state index contributed by atoms with van der Waals surface area (Å²) in [6.07, 6.45) is 13.8. The van der Waals surface area contributed by atoms with Gasteiger partial charge in [0, 0.05) is 0 Å². The van der Waals surface area contributed by atoms with Gasteiger partial charge in [-0.1, -0.05) is 71.6 Å². The van der Waals surface area contributed by atoms with Crippen LogP contribution >= 0.6 is 0 Å². The highest BCUT2D eigenvalue weighted by Gasteiger charge is 2.45. The van der Waals surface area contributed by atoms with Gasteiger partial charge < -0.3 is 9.47 Å². The highest BCUT2D eigenvalue weighted by Crippen LogP contribution is 2.28. The number of hydrogen-bond acceptors (Lipinski definition) is 3. The number of carbonyl (C=O) groups excluding carboxylic acids is 1. The van der Waals surface area contributed by atoms with Crippen LogP contribution < -0.4 is 0 Å². The van der Waals surface area contributed by atoms with E-state index in [1.807, 2.05) is 6.92 Å². The maximum absolute atomic E-state index is 11.5. The van der Waals surface area contributed by atoms with Crippen LogP contribution in [0.2, 0.25) is 0 Å². The third-order valence-electron chi connectivity index (χ3n) is 3.86. The molecule has 20 heavy (non-hydrogen) atoms. The lowest BCUT2D eigenvalue weighted by molar-refractivity contribution is -0.145. The lowest BCUT2D eigenvalue weighted by Gasteiger charge is -2.01. The normalized spacial score (nSPS) is 20.9. The van der Waals surface area contributed by atoms with Gasteiger partial charge >= 0.3 is 5.97 Å². The average Bonchev–Trinajstić information content (AvgIpc) is 3.22. The molecule has 1 heterocycles. The number of esters is 1. The van der Waals surface area contributed by atoms with Gasteiger partial charge in [0.25, 0.3) is 0 Å². The van der Waals surface area contributed by atoms with Crippen molar-refractivity contribution in [1.82, 2.24) is 0 Å². The van der Waals surface area contributed by atoms with E-state index in [-0.39, 0.29) is 18.2 Å². The molecule has 0 amide bonds. The van der Waals surface area contributed by atoms with Crippen molar-refractivity contribution in [3.8, 4) is 0 Å². The van der Waals surface area contributed by atoms with Crippen molar-refractivity contribution in [2.75, 3.05) is 6.61 Å². The molecule has 0 bridgehead atoms. The van der Waals surface area contributed by atoms with Crippen molar-refractivity contribution in [1.29, 1.82) is 0 Å². The molecule has 0 aromatic rings. The van der Waals surface area contributed by atoms with Gasteiger partial charge in [0.2, 0.25) is 0 Å². The Kier molecular flexibility index (Phi) is 9.73. The zero-order valence-corrected chi connectivity index (χ0v) is 13.4. The first-order valence-electron chi connectivity index (χ1n) is 8.61. The zero-order valence-electron chi connectivity index (χ0n) is 13.4. The molecule has 0 aromatic heterocycles. The summed E-state index contributed by atoms with van der Waals surface area (Å²) in [4.78, 5) is 11.5. The monoisotopic (exact) mass is 284 g/mol. The molecule has 3 heteroatoms. The van der Waals surface area contributed by atoms with Crippen LogP contribution in [0.25, 0.3) is 0 Å². The standard InChI is InChI=1S/C17H32O3/c1-3-5-6-7-8-9-10-11-12-13-15-16(20-15)17(18)19-14-4-2/h15-16H,3-14H2,1-2H3. The Morgan fingerprint density at radius 2 is 1.50 bits per heavy atom. The van der Waals surface area contributed by atoms with Crippen molar-refractivity contribution < 1.29 is 14.3 Å². The largest absolute Gasteiger partial charge is 0.464 e. The summed E-state index contributed by atoms with van der Waals surface area (Å²) >= 11 is 0. The Balaban J connectivity index is 1.83. The third-order valence-corrected chi connectivity index (χ3v) is 3.86. The van der Waals surface area contributed by atoms with Crippen molar-refractivity contribution in [2.24, 2.45) is 0 Å². The first-order valence-corrected chi connectivity index (χ1v) is 8.61. The van der Waals surface area contributed by atoms with Gasteiger partial charge in [-0.3, -0.25) is 0 Å². The van der Waals surface area contributed by atoms with E-state index in [1.165, 1.54) is 57.8 Å². The summed E-state index contributed by atoms with van der Waals surface area (Å²) in [5, 5.41) is 0. The fraction of sp³-hybridized carbons (Fsp3) is 0.941. The Hall–Kier alpha value is -0.570. The maximum atomic E-state index is 11.5. The summed E-state index contributed by atoms with van der Waals surface area (Å²) in [6, 6.07) is 0. The smallest absolute Gasteiger partial charge is 0.338 e. The van der Waals surface area contributed by atoms with Gasteiger partial charge in [0.1, 0.15) is 0 Å². The van der Waals surface area contributed by atoms with E-state index >= 15 is 0 Å². The number of carbonyl (C=O) groups is 1. The second-order valence-corrected chi connectivity index (χ2v) is 5.88. The number of rotatable bonds is 13. The van der Waals surface area contributed by atoms with Crippen molar-refractivity contribution >= 4 is 5.97 Å². The predicted molar refractivity (Wildman–Crippen MR) is 81.8 cm³/mol. The van der Waals surface area contributed by atoms with Gasteiger partial charge in [-0.15, -0.1) is 0 Å². The molecule has 2 atom stereocenters. The van der Waals surface area contributed by atoms with E-state index in [0.29, 0.717) is 6.61 Å². The first kappa shape index (κ1) is 17.5. The topological polar surface area (TPSA) is 38.8 Å². The molecule has 3 nitrogen and oxygen atoms in total. The lowest BCUT2D eigenvalue weighted by atomic mass is 10.1. The Bertz CT molecular complexity index is 253. The van der Waals surface area contributed by atoms with Gasteiger partial charge in [-0.2, -0.15) is 0 Å². The van der Waals surface area contributed by atoms with E-state index in [0.717, 1.165) is 12.8 Å². The maximum Gasteiger partial charge on any atom is 0.338 e. The van der Waals surface area contributed by atoms with E-state index in [9.17, 15) is 4.79 Å². The molecular weight excluding hydrogens is 252 g/mol. The van der Waals surface area contributed by atoms with E-state index in [4.69, 9.17) is 9.47 Å². The second-order valence-electron chi connectivity index (χ2n) is 5.88. The SMILES string of the molecule is CCCCCCCCCCCC1OC1C(=O)OCCC. The van der Waals surface area contributed by atoms with Crippen molar-refractivity contribution in [3.05, 3.63) is 0 Å². The molecule has 1 rings (SSSR count). The molecule has 0 aromatic carbocycles. The molecule has 118 valence electrons. The van der Waals surface area contributed by atoms with Gasteiger partial charge in [-0.05, 0) is 12.8 Å². The lowest BCUT2D eigenvalue weighted by Crippen LogP contribution is -2.14.